The Morgan fingerprint density at radius 2 is 2.19 bits per heavy atom. The number of thiophene rings is 1. The van der Waals surface area contributed by atoms with Crippen molar-refractivity contribution in [2.75, 3.05) is 11.1 Å². The molecule has 2 aromatic heterocycles. The van der Waals surface area contributed by atoms with Crippen molar-refractivity contribution in [3.8, 4) is 0 Å². The van der Waals surface area contributed by atoms with E-state index in [0.717, 1.165) is 25.1 Å². The third kappa shape index (κ3) is 3.51. The number of aromatic nitrogens is 2. The van der Waals surface area contributed by atoms with Crippen LogP contribution in [0.25, 0.3) is 10.2 Å². The highest BCUT2D eigenvalue weighted by Gasteiger charge is 2.22. The number of fused-ring (bicyclic) bond motifs is 2. The maximum absolute atomic E-state index is 13.0. The van der Waals surface area contributed by atoms with Gasteiger partial charge in [0, 0.05) is 13.0 Å². The molecular weight excluding hydrogens is 386 g/mol. The number of rotatable bonds is 1. The van der Waals surface area contributed by atoms with Crippen LogP contribution in [-0.2, 0) is 17.8 Å². The highest BCUT2D eigenvalue weighted by molar-refractivity contribution is 8.15. The number of carbonyl (C=O) groups is 2. The number of hydrogen-bond donors (Lipinski definition) is 2. The zero-order valence-electron chi connectivity index (χ0n) is 15.0. The minimum Gasteiger partial charge on any atom is -0.304 e. The monoisotopic (exact) mass is 405 g/mol. The molecule has 1 atom stereocenters. The topological polar surface area (TPSA) is 105 Å². The van der Waals surface area contributed by atoms with Crippen molar-refractivity contribution >= 4 is 55.4 Å². The van der Waals surface area contributed by atoms with Crippen LogP contribution in [0.3, 0.4) is 0 Å². The minimum absolute atomic E-state index is 0.0386. The third-order valence-corrected chi connectivity index (χ3v) is 6.82. The van der Waals surface area contributed by atoms with Crippen LogP contribution in [0, 0.1) is 12.8 Å². The lowest BCUT2D eigenvalue weighted by Gasteiger charge is -2.08. The van der Waals surface area contributed by atoms with Gasteiger partial charge < -0.3 is 5.32 Å². The van der Waals surface area contributed by atoms with Crippen LogP contribution in [0.2, 0.25) is 0 Å². The predicted octanol–water partition coefficient (Wildman–Crippen LogP) is 2.49. The number of anilines is 1. The number of amides is 3. The van der Waals surface area contributed by atoms with Crippen molar-refractivity contribution in [2.45, 2.75) is 39.7 Å². The molecule has 4 heterocycles. The van der Waals surface area contributed by atoms with Gasteiger partial charge in [0.1, 0.15) is 15.7 Å². The summed E-state index contributed by atoms with van der Waals surface area (Å²) in [5, 5.41) is 6.65. The molecule has 142 valence electrons. The average molecular weight is 406 g/mol. The number of carbonyl (C=O) groups excluding carboxylic acids is 2. The zero-order chi connectivity index (χ0) is 19.1. The van der Waals surface area contributed by atoms with E-state index in [1.165, 1.54) is 23.1 Å². The Bertz CT molecular complexity index is 1040. The summed E-state index contributed by atoms with van der Waals surface area (Å²) >= 11 is 2.47. The summed E-state index contributed by atoms with van der Waals surface area (Å²) in [6, 6.07) is -0.579. The van der Waals surface area contributed by atoms with Gasteiger partial charge in [-0.3, -0.25) is 19.5 Å². The van der Waals surface area contributed by atoms with E-state index in [1.807, 2.05) is 6.92 Å². The maximum atomic E-state index is 13.0. The number of aryl methyl sites for hydroxylation is 2. The largest absolute Gasteiger partial charge is 0.348 e. The fraction of sp³-hybridized carbons (Fsp3) is 0.471. The average Bonchev–Trinajstić information content (AvgIpc) is 3.08. The highest BCUT2D eigenvalue weighted by atomic mass is 32.2. The molecule has 2 aliphatic rings. The molecule has 8 nitrogen and oxygen atoms in total. The van der Waals surface area contributed by atoms with Gasteiger partial charge in [0.05, 0.1) is 11.1 Å². The fourth-order valence-corrected chi connectivity index (χ4v) is 5.03. The molecule has 0 spiro atoms. The molecule has 2 aromatic rings. The van der Waals surface area contributed by atoms with Gasteiger partial charge >= 0.3 is 6.03 Å². The molecule has 0 radical (unpaired) electrons. The summed E-state index contributed by atoms with van der Waals surface area (Å²) in [5.41, 5.74) is 0.667. The molecule has 1 saturated heterocycles. The lowest BCUT2D eigenvalue weighted by atomic mass is 10.0. The number of aliphatic imine (C=N–C) groups is 1. The molecular formula is C17H19N5O3S2. The first-order valence-electron chi connectivity index (χ1n) is 8.77. The highest BCUT2D eigenvalue weighted by Crippen LogP contribution is 2.33. The Morgan fingerprint density at radius 3 is 2.93 bits per heavy atom. The van der Waals surface area contributed by atoms with E-state index in [0.29, 0.717) is 33.2 Å². The number of nitrogens with one attached hydrogen (secondary N) is 2. The van der Waals surface area contributed by atoms with E-state index in [4.69, 9.17) is 4.98 Å². The van der Waals surface area contributed by atoms with Crippen molar-refractivity contribution < 1.29 is 9.59 Å². The zero-order valence-corrected chi connectivity index (χ0v) is 16.6. The van der Waals surface area contributed by atoms with Crippen LogP contribution in [-0.4, -0.2) is 32.4 Å². The Balaban J connectivity index is 1.67. The molecule has 4 rings (SSSR count). The van der Waals surface area contributed by atoms with Crippen molar-refractivity contribution in [2.24, 2.45) is 10.9 Å². The van der Waals surface area contributed by atoms with E-state index in [2.05, 4.69) is 22.5 Å². The molecule has 1 unspecified atom stereocenters. The summed E-state index contributed by atoms with van der Waals surface area (Å²) in [4.78, 5) is 45.6. The van der Waals surface area contributed by atoms with Gasteiger partial charge in [0.2, 0.25) is 5.91 Å². The number of urea groups is 1. The summed E-state index contributed by atoms with van der Waals surface area (Å²) in [7, 11) is 0. The second-order valence-corrected chi connectivity index (χ2v) is 8.80. The number of hydrogen-bond acceptors (Lipinski definition) is 6. The number of nitrogens with zero attached hydrogens (tertiary/aromatic N) is 3. The number of amidine groups is 1. The van der Waals surface area contributed by atoms with Crippen molar-refractivity contribution in [1.29, 1.82) is 0 Å². The van der Waals surface area contributed by atoms with Crippen molar-refractivity contribution in [3.05, 3.63) is 21.7 Å². The summed E-state index contributed by atoms with van der Waals surface area (Å²) in [6.45, 7) is 4.69. The van der Waals surface area contributed by atoms with Crippen LogP contribution in [0.4, 0.5) is 9.80 Å². The lowest BCUT2D eigenvalue weighted by Crippen LogP contribution is -2.24. The lowest BCUT2D eigenvalue weighted by molar-refractivity contribution is -0.116. The smallest absolute Gasteiger partial charge is 0.304 e. The molecule has 0 bridgehead atoms. The molecule has 27 heavy (non-hydrogen) atoms. The van der Waals surface area contributed by atoms with Crippen LogP contribution >= 0.6 is 23.1 Å². The Hall–Kier alpha value is -2.20. The third-order valence-electron chi connectivity index (χ3n) is 4.85. The van der Waals surface area contributed by atoms with Gasteiger partial charge in [-0.15, -0.1) is 0 Å². The first-order chi connectivity index (χ1) is 12.9. The molecule has 2 aliphatic heterocycles. The summed E-state index contributed by atoms with van der Waals surface area (Å²) < 4.78 is 1.78. The van der Waals surface area contributed by atoms with Crippen molar-refractivity contribution in [3.63, 3.8) is 0 Å². The van der Waals surface area contributed by atoms with Gasteiger partial charge in [-0.2, -0.15) is 4.99 Å². The van der Waals surface area contributed by atoms with Gasteiger partial charge in [-0.1, -0.05) is 30.0 Å². The summed E-state index contributed by atoms with van der Waals surface area (Å²) in [5.74, 6) is 1.49. The van der Waals surface area contributed by atoms with E-state index < -0.39 is 6.03 Å². The SMILES string of the molecule is Cc1c(NC(=O)N=C2NC(=O)CS2)sc2nc3n(c(=O)c12)CCC(C)CC3. The number of thioether (sulfide) groups is 1. The summed E-state index contributed by atoms with van der Waals surface area (Å²) in [6.07, 6.45) is 2.77. The normalized spacial score (nSPS) is 21.2. The first-order valence-corrected chi connectivity index (χ1v) is 10.6. The van der Waals surface area contributed by atoms with Gasteiger partial charge in [-0.25, -0.2) is 9.78 Å². The van der Waals surface area contributed by atoms with Crippen LogP contribution in [0.15, 0.2) is 9.79 Å². The van der Waals surface area contributed by atoms with Crippen LogP contribution < -0.4 is 16.2 Å². The quantitative estimate of drug-likeness (QED) is 0.758. The molecule has 0 saturated carbocycles. The van der Waals surface area contributed by atoms with Crippen LogP contribution in [0.5, 0.6) is 0 Å². The molecule has 0 aromatic carbocycles. The maximum Gasteiger partial charge on any atom is 0.348 e. The Labute approximate surface area is 163 Å². The van der Waals surface area contributed by atoms with E-state index >= 15 is 0 Å². The Kier molecular flexibility index (Phi) is 4.77. The van der Waals surface area contributed by atoms with Crippen molar-refractivity contribution in [1.82, 2.24) is 14.9 Å². The molecule has 10 heteroatoms. The van der Waals surface area contributed by atoms with Crippen LogP contribution in [0.1, 0.15) is 31.2 Å². The van der Waals surface area contributed by atoms with E-state index in [-0.39, 0.29) is 22.4 Å². The second kappa shape index (κ2) is 7.08. The van der Waals surface area contributed by atoms with E-state index in [9.17, 15) is 14.4 Å². The minimum atomic E-state index is -0.579. The van der Waals surface area contributed by atoms with Gasteiger partial charge in [-0.05, 0) is 31.2 Å². The molecule has 0 aliphatic carbocycles. The Morgan fingerprint density at radius 1 is 1.37 bits per heavy atom. The van der Waals surface area contributed by atoms with E-state index in [1.54, 1.807) is 4.57 Å². The van der Waals surface area contributed by atoms with Gasteiger partial charge in [0.15, 0.2) is 5.17 Å². The predicted molar refractivity (Wildman–Crippen MR) is 108 cm³/mol. The fourth-order valence-electron chi connectivity index (χ4n) is 3.27. The molecule has 3 amide bonds. The molecule has 2 N–H and O–H groups in total. The molecule has 1 fully saturated rings. The standard InChI is InChI=1S/C17H19N5O3S2/c1-8-3-4-10-18-14-12(15(24)22(10)6-5-8)9(2)13(27-14)20-16(25)21-17-19-11(23)7-26-17/h8H,3-7H2,1-2H3,(H2,19,20,21,23,25). The van der Waals surface area contributed by atoms with Gasteiger partial charge in [0.25, 0.3) is 5.56 Å². The first kappa shape index (κ1) is 18.2. The second-order valence-electron chi connectivity index (χ2n) is 6.84.